The predicted molar refractivity (Wildman–Crippen MR) is 90.2 cm³/mol. The van der Waals surface area contributed by atoms with Crippen LogP contribution in [0, 0.1) is 20.8 Å². The summed E-state index contributed by atoms with van der Waals surface area (Å²) in [5.74, 6) is 0. The van der Waals surface area contributed by atoms with Gasteiger partial charge in [-0.05, 0) is 62.6 Å². The van der Waals surface area contributed by atoms with E-state index in [1.54, 1.807) is 0 Å². The van der Waals surface area contributed by atoms with Gasteiger partial charge in [0.1, 0.15) is 0 Å². The van der Waals surface area contributed by atoms with Crippen LogP contribution < -0.4 is 5.32 Å². The van der Waals surface area contributed by atoms with Crippen molar-refractivity contribution < 1.29 is 5.11 Å². The summed E-state index contributed by atoms with van der Waals surface area (Å²) < 4.78 is 0. The van der Waals surface area contributed by atoms with E-state index in [2.05, 4.69) is 38.2 Å². The van der Waals surface area contributed by atoms with Gasteiger partial charge in [0.05, 0.1) is 12.1 Å². The van der Waals surface area contributed by atoms with Crippen LogP contribution in [0.2, 0.25) is 5.02 Å². The highest BCUT2D eigenvalue weighted by Crippen LogP contribution is 2.32. The number of anilines is 1. The number of benzene rings is 2. The van der Waals surface area contributed by atoms with Crippen LogP contribution in [0.3, 0.4) is 0 Å². The zero-order valence-electron chi connectivity index (χ0n) is 13.0. The Morgan fingerprint density at radius 2 is 1.71 bits per heavy atom. The molecule has 0 aliphatic heterocycles. The fraction of sp³-hybridized carbons (Fsp3) is 0.333. The normalized spacial score (nSPS) is 13.8. The third kappa shape index (κ3) is 3.39. The van der Waals surface area contributed by atoms with Gasteiger partial charge in [0.15, 0.2) is 0 Å². The van der Waals surface area contributed by atoms with Crippen LogP contribution in [0.15, 0.2) is 36.4 Å². The summed E-state index contributed by atoms with van der Waals surface area (Å²) in [6.07, 6.45) is 0. The standard InChI is InChI=1S/C18H22ClNO/c1-12-8-13(2)17(14(3)9-12)18(4,11-21)20-16-7-5-6-15(19)10-16/h5-10,20-21H,11H2,1-4H3. The highest BCUT2D eigenvalue weighted by molar-refractivity contribution is 6.30. The van der Waals surface area contributed by atoms with E-state index >= 15 is 0 Å². The maximum absolute atomic E-state index is 9.99. The average Bonchev–Trinajstić information content (AvgIpc) is 2.37. The summed E-state index contributed by atoms with van der Waals surface area (Å²) in [6, 6.07) is 11.9. The van der Waals surface area contributed by atoms with E-state index in [1.807, 2.05) is 31.2 Å². The minimum Gasteiger partial charge on any atom is -0.394 e. The topological polar surface area (TPSA) is 32.3 Å². The van der Waals surface area contributed by atoms with Crippen molar-refractivity contribution in [2.45, 2.75) is 33.2 Å². The van der Waals surface area contributed by atoms with Gasteiger partial charge >= 0.3 is 0 Å². The fourth-order valence-corrected chi connectivity index (χ4v) is 3.31. The van der Waals surface area contributed by atoms with Crippen molar-refractivity contribution in [2.24, 2.45) is 0 Å². The van der Waals surface area contributed by atoms with Gasteiger partial charge in [-0.2, -0.15) is 0 Å². The Labute approximate surface area is 131 Å². The van der Waals surface area contributed by atoms with Crippen LogP contribution in [0.5, 0.6) is 0 Å². The Morgan fingerprint density at radius 1 is 1.10 bits per heavy atom. The number of aliphatic hydroxyl groups is 1. The van der Waals surface area contributed by atoms with Crippen molar-refractivity contribution in [3.63, 3.8) is 0 Å². The molecule has 0 radical (unpaired) electrons. The first-order chi connectivity index (χ1) is 9.85. The molecule has 1 unspecified atom stereocenters. The van der Waals surface area contributed by atoms with Crippen molar-refractivity contribution >= 4 is 17.3 Å². The summed E-state index contributed by atoms with van der Waals surface area (Å²) >= 11 is 6.04. The summed E-state index contributed by atoms with van der Waals surface area (Å²) in [5, 5.41) is 14.1. The van der Waals surface area contributed by atoms with E-state index < -0.39 is 5.54 Å². The number of rotatable bonds is 4. The van der Waals surface area contributed by atoms with Crippen LogP contribution in [0.1, 0.15) is 29.2 Å². The highest BCUT2D eigenvalue weighted by Gasteiger charge is 2.29. The number of aryl methyl sites for hydroxylation is 3. The van der Waals surface area contributed by atoms with Crippen LogP contribution in [-0.4, -0.2) is 11.7 Å². The molecule has 0 bridgehead atoms. The van der Waals surface area contributed by atoms with E-state index in [1.165, 1.54) is 16.7 Å². The largest absolute Gasteiger partial charge is 0.394 e. The van der Waals surface area contributed by atoms with Crippen LogP contribution >= 0.6 is 11.6 Å². The minimum absolute atomic E-state index is 0.00422. The molecule has 0 aliphatic rings. The summed E-state index contributed by atoms with van der Waals surface area (Å²) in [4.78, 5) is 0. The predicted octanol–water partition coefficient (Wildman–Crippen LogP) is 4.58. The van der Waals surface area contributed by atoms with E-state index in [9.17, 15) is 5.11 Å². The summed E-state index contributed by atoms with van der Waals surface area (Å²) in [6.45, 7) is 8.28. The molecular weight excluding hydrogens is 282 g/mol. The lowest BCUT2D eigenvalue weighted by atomic mass is 9.84. The first-order valence-corrected chi connectivity index (χ1v) is 7.46. The molecular formula is C18H22ClNO. The zero-order chi connectivity index (χ0) is 15.6. The Kier molecular flexibility index (Phi) is 4.60. The van der Waals surface area contributed by atoms with Gasteiger partial charge in [0, 0.05) is 10.7 Å². The Hall–Kier alpha value is -1.51. The summed E-state index contributed by atoms with van der Waals surface area (Å²) in [7, 11) is 0. The van der Waals surface area contributed by atoms with E-state index in [-0.39, 0.29) is 6.61 Å². The molecule has 2 aromatic rings. The summed E-state index contributed by atoms with van der Waals surface area (Å²) in [5.41, 5.74) is 5.08. The highest BCUT2D eigenvalue weighted by atomic mass is 35.5. The quantitative estimate of drug-likeness (QED) is 0.866. The third-order valence-electron chi connectivity index (χ3n) is 3.79. The number of hydrogen-bond donors (Lipinski definition) is 2. The molecule has 1 atom stereocenters. The zero-order valence-corrected chi connectivity index (χ0v) is 13.8. The second-order valence-electron chi connectivity index (χ2n) is 5.90. The molecule has 0 amide bonds. The van der Waals surface area contributed by atoms with Crippen molar-refractivity contribution in [2.75, 3.05) is 11.9 Å². The third-order valence-corrected chi connectivity index (χ3v) is 4.02. The molecule has 21 heavy (non-hydrogen) atoms. The maximum atomic E-state index is 9.99. The molecule has 2 rings (SSSR count). The number of aliphatic hydroxyl groups excluding tert-OH is 1. The van der Waals surface area contributed by atoms with Crippen molar-refractivity contribution in [1.82, 2.24) is 0 Å². The van der Waals surface area contributed by atoms with Gasteiger partial charge in [-0.1, -0.05) is 35.4 Å². The molecule has 3 heteroatoms. The van der Waals surface area contributed by atoms with E-state index in [4.69, 9.17) is 11.6 Å². The Balaban J connectivity index is 2.46. The molecule has 0 fully saturated rings. The molecule has 0 spiro atoms. The molecule has 2 aromatic carbocycles. The SMILES string of the molecule is Cc1cc(C)c(C(C)(CO)Nc2cccc(Cl)c2)c(C)c1. The first-order valence-electron chi connectivity index (χ1n) is 7.08. The second kappa shape index (κ2) is 6.08. The van der Waals surface area contributed by atoms with E-state index in [0.717, 1.165) is 11.3 Å². The van der Waals surface area contributed by atoms with Gasteiger partial charge in [0.25, 0.3) is 0 Å². The fourth-order valence-electron chi connectivity index (χ4n) is 3.12. The molecule has 0 saturated heterocycles. The molecule has 2 nitrogen and oxygen atoms in total. The number of halogens is 1. The smallest absolute Gasteiger partial charge is 0.0833 e. The Bertz CT molecular complexity index is 630. The molecule has 0 aliphatic carbocycles. The van der Waals surface area contributed by atoms with Crippen LogP contribution in [0.25, 0.3) is 0 Å². The van der Waals surface area contributed by atoms with E-state index in [0.29, 0.717) is 5.02 Å². The monoisotopic (exact) mass is 303 g/mol. The van der Waals surface area contributed by atoms with Crippen molar-refractivity contribution in [3.05, 3.63) is 63.7 Å². The van der Waals surface area contributed by atoms with Gasteiger partial charge in [-0.3, -0.25) is 0 Å². The van der Waals surface area contributed by atoms with Gasteiger partial charge in [-0.15, -0.1) is 0 Å². The molecule has 0 saturated carbocycles. The lowest BCUT2D eigenvalue weighted by Crippen LogP contribution is -2.37. The van der Waals surface area contributed by atoms with Gasteiger partial charge in [-0.25, -0.2) is 0 Å². The maximum Gasteiger partial charge on any atom is 0.0833 e. The van der Waals surface area contributed by atoms with Gasteiger partial charge in [0.2, 0.25) is 0 Å². The van der Waals surface area contributed by atoms with Crippen molar-refractivity contribution in [3.8, 4) is 0 Å². The first kappa shape index (κ1) is 15.9. The van der Waals surface area contributed by atoms with Crippen LogP contribution in [0.4, 0.5) is 5.69 Å². The average molecular weight is 304 g/mol. The molecule has 0 aromatic heterocycles. The lowest BCUT2D eigenvalue weighted by Gasteiger charge is -2.33. The lowest BCUT2D eigenvalue weighted by molar-refractivity contribution is 0.223. The number of nitrogens with one attached hydrogen (secondary N) is 1. The second-order valence-corrected chi connectivity index (χ2v) is 6.34. The number of hydrogen-bond acceptors (Lipinski definition) is 2. The van der Waals surface area contributed by atoms with Gasteiger partial charge < -0.3 is 10.4 Å². The molecule has 0 heterocycles. The minimum atomic E-state index is -0.549. The molecule has 2 N–H and O–H groups in total. The molecule has 112 valence electrons. The Morgan fingerprint density at radius 3 is 2.24 bits per heavy atom. The van der Waals surface area contributed by atoms with Crippen molar-refractivity contribution in [1.29, 1.82) is 0 Å². The van der Waals surface area contributed by atoms with Crippen LogP contribution in [-0.2, 0) is 5.54 Å².